The van der Waals surface area contributed by atoms with E-state index in [-0.39, 0.29) is 0 Å². The Morgan fingerprint density at radius 3 is 2.81 bits per heavy atom. The Morgan fingerprint density at radius 2 is 2.14 bits per heavy atom. The number of methoxy groups -OCH3 is 1. The molecule has 0 aliphatic rings. The molecule has 21 heavy (non-hydrogen) atoms. The van der Waals surface area contributed by atoms with Gasteiger partial charge in [0.1, 0.15) is 4.99 Å². The van der Waals surface area contributed by atoms with E-state index in [0.29, 0.717) is 23.2 Å². The van der Waals surface area contributed by atoms with Gasteiger partial charge in [-0.3, -0.25) is 0 Å². The number of ether oxygens (including phenoxy) is 1. The molecular weight excluding hydrogens is 286 g/mol. The van der Waals surface area contributed by atoms with E-state index in [1.54, 1.807) is 13.3 Å². The smallest absolute Gasteiger partial charge is 0.213 e. The molecule has 0 unspecified atom stereocenters. The van der Waals surface area contributed by atoms with E-state index in [2.05, 4.69) is 20.5 Å². The normalized spacial score (nSPS) is 10.2. The van der Waals surface area contributed by atoms with Crippen LogP contribution in [0.3, 0.4) is 0 Å². The lowest BCUT2D eigenvalue weighted by Crippen LogP contribution is -2.18. The van der Waals surface area contributed by atoms with Crippen LogP contribution < -0.4 is 15.8 Å². The van der Waals surface area contributed by atoms with E-state index in [0.717, 1.165) is 22.4 Å². The van der Waals surface area contributed by atoms with Crippen LogP contribution in [0.5, 0.6) is 5.88 Å². The van der Waals surface area contributed by atoms with Crippen LogP contribution in [0.2, 0.25) is 0 Å². The summed E-state index contributed by atoms with van der Waals surface area (Å²) >= 11 is 5.11. The number of thiocarbonyl (C=S) groups is 1. The second kappa shape index (κ2) is 6.45. The Labute approximate surface area is 128 Å². The Bertz CT molecular complexity index is 674. The van der Waals surface area contributed by atoms with E-state index in [9.17, 15) is 0 Å². The molecule has 0 atom stereocenters. The number of rotatable bonds is 5. The highest BCUT2D eigenvalue weighted by Crippen LogP contribution is 2.19. The lowest BCUT2D eigenvalue weighted by molar-refractivity contribution is 0.397. The SMILES string of the molecule is COc1cc(CNc2nnc(C)c(C)c2C(N)=S)ccn1. The van der Waals surface area contributed by atoms with Gasteiger partial charge in [0.15, 0.2) is 5.82 Å². The minimum atomic E-state index is 0.306. The molecule has 2 aromatic rings. The zero-order chi connectivity index (χ0) is 15.4. The Balaban J connectivity index is 2.24. The highest BCUT2D eigenvalue weighted by atomic mass is 32.1. The van der Waals surface area contributed by atoms with Gasteiger partial charge in [-0.05, 0) is 31.0 Å². The third kappa shape index (κ3) is 3.43. The molecule has 0 amide bonds. The van der Waals surface area contributed by atoms with Crippen LogP contribution in [0.4, 0.5) is 5.82 Å². The Kier molecular flexibility index (Phi) is 4.64. The molecule has 2 rings (SSSR count). The van der Waals surface area contributed by atoms with E-state index in [4.69, 9.17) is 22.7 Å². The van der Waals surface area contributed by atoms with Crippen molar-refractivity contribution >= 4 is 23.0 Å². The minimum Gasteiger partial charge on any atom is -0.481 e. The van der Waals surface area contributed by atoms with E-state index in [1.165, 1.54) is 0 Å². The zero-order valence-corrected chi connectivity index (χ0v) is 13.0. The lowest BCUT2D eigenvalue weighted by Gasteiger charge is -2.13. The van der Waals surface area contributed by atoms with Gasteiger partial charge < -0.3 is 15.8 Å². The Hall–Kier alpha value is -2.28. The van der Waals surface area contributed by atoms with E-state index >= 15 is 0 Å². The zero-order valence-electron chi connectivity index (χ0n) is 12.2. The maximum Gasteiger partial charge on any atom is 0.213 e. The number of aromatic nitrogens is 3. The molecule has 0 bridgehead atoms. The molecule has 0 fully saturated rings. The number of hydrogen-bond donors (Lipinski definition) is 2. The van der Waals surface area contributed by atoms with Gasteiger partial charge in [-0.1, -0.05) is 12.2 Å². The van der Waals surface area contributed by atoms with Crippen molar-refractivity contribution in [3.63, 3.8) is 0 Å². The predicted octanol–water partition coefficient (Wildman–Crippen LogP) is 1.74. The van der Waals surface area contributed by atoms with E-state index in [1.807, 2.05) is 26.0 Å². The third-order valence-electron chi connectivity index (χ3n) is 3.17. The number of nitrogens with zero attached hydrogens (tertiary/aromatic N) is 3. The van der Waals surface area contributed by atoms with Crippen molar-refractivity contribution in [1.29, 1.82) is 0 Å². The summed E-state index contributed by atoms with van der Waals surface area (Å²) in [5.41, 5.74) is 9.29. The first-order valence-corrected chi connectivity index (χ1v) is 6.80. The molecule has 7 heteroatoms. The van der Waals surface area contributed by atoms with Gasteiger partial charge in [-0.2, -0.15) is 5.10 Å². The van der Waals surface area contributed by atoms with Crippen LogP contribution in [0, 0.1) is 13.8 Å². The van der Waals surface area contributed by atoms with Crippen LogP contribution in [-0.2, 0) is 6.54 Å². The van der Waals surface area contributed by atoms with Crippen molar-refractivity contribution in [2.45, 2.75) is 20.4 Å². The quantitative estimate of drug-likeness (QED) is 0.814. The van der Waals surface area contributed by atoms with Crippen molar-refractivity contribution in [2.24, 2.45) is 5.73 Å². The van der Waals surface area contributed by atoms with Crippen molar-refractivity contribution in [2.75, 3.05) is 12.4 Å². The van der Waals surface area contributed by atoms with E-state index < -0.39 is 0 Å². The number of nitrogens with one attached hydrogen (secondary N) is 1. The first-order chi connectivity index (χ1) is 10.0. The van der Waals surface area contributed by atoms with Crippen LogP contribution >= 0.6 is 12.2 Å². The monoisotopic (exact) mass is 303 g/mol. The van der Waals surface area contributed by atoms with Crippen molar-refractivity contribution < 1.29 is 4.74 Å². The fourth-order valence-electron chi connectivity index (χ4n) is 1.89. The first kappa shape index (κ1) is 15.1. The number of aryl methyl sites for hydroxylation is 1. The maximum absolute atomic E-state index is 5.79. The van der Waals surface area contributed by atoms with Crippen molar-refractivity contribution in [3.8, 4) is 5.88 Å². The second-order valence-corrected chi connectivity index (χ2v) is 5.00. The highest BCUT2D eigenvalue weighted by molar-refractivity contribution is 7.80. The Morgan fingerprint density at radius 1 is 1.38 bits per heavy atom. The molecule has 0 aromatic carbocycles. The van der Waals surface area contributed by atoms with Crippen LogP contribution in [0.15, 0.2) is 18.3 Å². The van der Waals surface area contributed by atoms with Gasteiger partial charge >= 0.3 is 0 Å². The van der Waals surface area contributed by atoms with Gasteiger partial charge in [0.05, 0.1) is 18.4 Å². The van der Waals surface area contributed by atoms with Crippen molar-refractivity contribution in [3.05, 3.63) is 40.7 Å². The fraction of sp³-hybridized carbons (Fsp3) is 0.286. The van der Waals surface area contributed by atoms with Gasteiger partial charge in [-0.15, -0.1) is 5.10 Å². The minimum absolute atomic E-state index is 0.306. The van der Waals surface area contributed by atoms with Crippen molar-refractivity contribution in [1.82, 2.24) is 15.2 Å². The molecule has 0 aliphatic carbocycles. The second-order valence-electron chi connectivity index (χ2n) is 4.56. The molecule has 2 aromatic heterocycles. The number of anilines is 1. The molecule has 0 saturated carbocycles. The van der Waals surface area contributed by atoms with Crippen LogP contribution in [0.25, 0.3) is 0 Å². The van der Waals surface area contributed by atoms with Crippen LogP contribution in [0.1, 0.15) is 22.4 Å². The van der Waals surface area contributed by atoms with Crippen LogP contribution in [-0.4, -0.2) is 27.3 Å². The van der Waals surface area contributed by atoms with Gasteiger partial charge in [0.2, 0.25) is 5.88 Å². The largest absolute Gasteiger partial charge is 0.481 e. The molecule has 2 heterocycles. The summed E-state index contributed by atoms with van der Waals surface area (Å²) < 4.78 is 5.10. The molecule has 0 saturated heterocycles. The summed E-state index contributed by atoms with van der Waals surface area (Å²) in [5.74, 6) is 1.15. The average molecular weight is 303 g/mol. The summed E-state index contributed by atoms with van der Waals surface area (Å²) in [6, 6.07) is 3.74. The first-order valence-electron chi connectivity index (χ1n) is 6.39. The standard InChI is InChI=1S/C14H17N5OS/c1-8-9(2)18-19-14(12(8)13(15)21)17-7-10-4-5-16-11(6-10)20-3/h4-6H,7H2,1-3H3,(H2,15,21)(H,17,19). The summed E-state index contributed by atoms with van der Waals surface area (Å²) in [6.07, 6.45) is 1.69. The molecule has 0 radical (unpaired) electrons. The summed E-state index contributed by atoms with van der Waals surface area (Å²) in [5, 5.41) is 11.5. The van der Waals surface area contributed by atoms with Gasteiger partial charge in [0.25, 0.3) is 0 Å². The average Bonchev–Trinajstić information content (AvgIpc) is 2.48. The molecule has 0 spiro atoms. The molecule has 110 valence electrons. The number of hydrogen-bond acceptors (Lipinski definition) is 6. The van der Waals surface area contributed by atoms with Gasteiger partial charge in [0, 0.05) is 18.8 Å². The topological polar surface area (TPSA) is 86.0 Å². The molecule has 6 nitrogen and oxygen atoms in total. The fourth-order valence-corrected chi connectivity index (χ4v) is 2.14. The third-order valence-corrected chi connectivity index (χ3v) is 3.37. The number of pyridine rings is 1. The molecular formula is C14H17N5OS. The summed E-state index contributed by atoms with van der Waals surface area (Å²) in [4.78, 5) is 4.37. The molecule has 3 N–H and O–H groups in total. The van der Waals surface area contributed by atoms with Gasteiger partial charge in [-0.25, -0.2) is 4.98 Å². The molecule has 0 aliphatic heterocycles. The maximum atomic E-state index is 5.79. The number of nitrogens with two attached hydrogens (primary N) is 1. The predicted molar refractivity (Wildman–Crippen MR) is 85.5 cm³/mol. The highest BCUT2D eigenvalue weighted by Gasteiger charge is 2.13. The lowest BCUT2D eigenvalue weighted by atomic mass is 10.1. The summed E-state index contributed by atoms with van der Waals surface area (Å²) in [6.45, 7) is 4.35. The summed E-state index contributed by atoms with van der Waals surface area (Å²) in [7, 11) is 1.58.